The number of hydrogen-bond donors (Lipinski definition) is 2. The van der Waals surface area contributed by atoms with Crippen LogP contribution < -0.4 is 15.8 Å². The fraction of sp³-hybridized carbons (Fsp3) is 0.538. The van der Waals surface area contributed by atoms with E-state index in [-0.39, 0.29) is 59.8 Å². The third kappa shape index (κ3) is 7.17. The van der Waals surface area contributed by atoms with Crippen LogP contribution in [0.25, 0.3) is 0 Å². The molecule has 40 heavy (non-hydrogen) atoms. The number of nitrogens with zero attached hydrogens (tertiary/aromatic N) is 4. The largest absolute Gasteiger partial charge is 0.493 e. The van der Waals surface area contributed by atoms with Gasteiger partial charge in [0, 0.05) is 33.2 Å². The van der Waals surface area contributed by atoms with Gasteiger partial charge in [0.05, 0.1) is 41.6 Å². The number of nitrogens with two attached hydrogens (primary N) is 1. The first-order valence-corrected chi connectivity index (χ1v) is 14.8. The van der Waals surface area contributed by atoms with Gasteiger partial charge in [0.15, 0.2) is 0 Å². The molecule has 0 atom stereocenters. The maximum Gasteiger partial charge on any atom is 0.320 e. The smallest absolute Gasteiger partial charge is 0.320 e. The van der Waals surface area contributed by atoms with E-state index < -0.39 is 21.8 Å². The monoisotopic (exact) mass is 578 g/mol. The number of aromatic nitrogens is 2. The third-order valence-electron chi connectivity index (χ3n) is 6.36. The Labute approximate surface area is 234 Å². The number of aryl methyl sites for hydroxylation is 2. The highest BCUT2D eigenvalue weighted by Crippen LogP contribution is 2.28. The fourth-order valence-corrected chi connectivity index (χ4v) is 5.89. The summed E-state index contributed by atoms with van der Waals surface area (Å²) in [5.41, 5.74) is 6.28. The quantitative estimate of drug-likeness (QED) is 0.334. The van der Waals surface area contributed by atoms with Crippen molar-refractivity contribution in [3.63, 3.8) is 0 Å². The van der Waals surface area contributed by atoms with Gasteiger partial charge < -0.3 is 20.5 Å². The Bertz CT molecular complexity index is 1330. The highest BCUT2D eigenvalue weighted by atomic mass is 32.2. The summed E-state index contributed by atoms with van der Waals surface area (Å²) >= 11 is 0. The molecule has 0 bridgehead atoms. The molecule has 220 valence electrons. The predicted molar refractivity (Wildman–Crippen MR) is 148 cm³/mol. The number of sulfonamides is 1. The van der Waals surface area contributed by atoms with Gasteiger partial charge in [0.2, 0.25) is 10.0 Å². The summed E-state index contributed by atoms with van der Waals surface area (Å²) in [4.78, 5) is 39.2. The number of hydrogen-bond acceptors (Lipinski definition) is 9. The molecular formula is C26H38N6O7S. The van der Waals surface area contributed by atoms with Gasteiger partial charge in [-0.05, 0) is 38.0 Å². The maximum absolute atomic E-state index is 13.6. The van der Waals surface area contributed by atoms with E-state index in [1.165, 1.54) is 27.2 Å². The van der Waals surface area contributed by atoms with E-state index in [4.69, 9.17) is 15.2 Å². The Balaban J connectivity index is 1.90. The van der Waals surface area contributed by atoms with E-state index in [1.54, 1.807) is 14.0 Å². The molecule has 2 aromatic rings. The van der Waals surface area contributed by atoms with Gasteiger partial charge >= 0.3 is 5.97 Å². The lowest BCUT2D eigenvalue weighted by Gasteiger charge is -2.33. The average molecular weight is 579 g/mol. The minimum atomic E-state index is -3.96. The lowest BCUT2D eigenvalue weighted by Crippen LogP contribution is -2.50. The van der Waals surface area contributed by atoms with E-state index in [2.05, 4.69) is 10.4 Å². The van der Waals surface area contributed by atoms with Gasteiger partial charge in [-0.1, -0.05) is 20.3 Å². The number of ether oxygens (including phenoxy) is 2. The summed E-state index contributed by atoms with van der Waals surface area (Å²) < 4.78 is 40.4. The molecule has 14 heteroatoms. The van der Waals surface area contributed by atoms with Crippen LogP contribution in [-0.2, 0) is 33.0 Å². The topological polar surface area (TPSA) is 166 Å². The summed E-state index contributed by atoms with van der Waals surface area (Å²) in [7, 11) is -2.40. The van der Waals surface area contributed by atoms with Crippen LogP contribution in [0.3, 0.4) is 0 Å². The summed E-state index contributed by atoms with van der Waals surface area (Å²) in [5.74, 6) is -1.56. The van der Waals surface area contributed by atoms with Crippen LogP contribution in [0, 0.1) is 0 Å². The molecule has 0 saturated carbocycles. The molecule has 2 heterocycles. The Hall–Kier alpha value is -3.49. The van der Waals surface area contributed by atoms with E-state index in [9.17, 15) is 22.8 Å². The summed E-state index contributed by atoms with van der Waals surface area (Å²) in [6.45, 7) is 7.34. The summed E-state index contributed by atoms with van der Waals surface area (Å²) in [6.07, 6.45) is 1.88. The van der Waals surface area contributed by atoms with E-state index in [0.29, 0.717) is 44.7 Å². The Kier molecular flexibility index (Phi) is 10.7. The first kappa shape index (κ1) is 31.0. The second kappa shape index (κ2) is 13.7. The summed E-state index contributed by atoms with van der Waals surface area (Å²) in [5, 5.41) is 7.06. The van der Waals surface area contributed by atoms with Crippen molar-refractivity contribution in [3.05, 3.63) is 35.2 Å². The molecule has 1 saturated heterocycles. The van der Waals surface area contributed by atoms with Crippen LogP contribution in [-0.4, -0.2) is 91.1 Å². The highest BCUT2D eigenvalue weighted by Gasteiger charge is 2.31. The van der Waals surface area contributed by atoms with Crippen molar-refractivity contribution < 1.29 is 32.3 Å². The molecule has 1 fully saturated rings. The van der Waals surface area contributed by atoms with Gasteiger partial charge in [0.25, 0.3) is 11.8 Å². The zero-order chi connectivity index (χ0) is 29.4. The van der Waals surface area contributed by atoms with Crippen LogP contribution in [0.15, 0.2) is 23.1 Å². The van der Waals surface area contributed by atoms with E-state index in [1.807, 2.05) is 18.7 Å². The number of piperazine rings is 1. The molecule has 1 aromatic carbocycles. The molecule has 0 spiro atoms. The standard InChI is InChI=1S/C26H38N6O7S/c1-5-8-20-23(24(25(27)34)30(4)29-20)28-26(35)19-16-18(9-10-21(19)39-15-6-2)40(36,37)32-13-11-31(12-14-32)17-22(33)38-7-3/h9-10,16H,5-8,11-15,17H2,1-4H3,(H2,27,34)(H,28,35). The Morgan fingerprint density at radius 3 is 2.38 bits per heavy atom. The number of amides is 2. The minimum absolute atomic E-state index is 0.00260. The highest BCUT2D eigenvalue weighted by molar-refractivity contribution is 7.89. The minimum Gasteiger partial charge on any atom is -0.493 e. The van der Waals surface area contributed by atoms with Crippen LogP contribution in [0.4, 0.5) is 5.69 Å². The van der Waals surface area contributed by atoms with Crippen molar-refractivity contribution >= 4 is 33.5 Å². The molecule has 2 amide bonds. The molecule has 13 nitrogen and oxygen atoms in total. The van der Waals surface area contributed by atoms with Gasteiger partial charge in [-0.15, -0.1) is 0 Å². The third-order valence-corrected chi connectivity index (χ3v) is 8.26. The lowest BCUT2D eigenvalue weighted by molar-refractivity contribution is -0.144. The van der Waals surface area contributed by atoms with Crippen molar-refractivity contribution in [2.24, 2.45) is 12.8 Å². The number of benzene rings is 1. The number of primary amides is 1. The van der Waals surface area contributed by atoms with Crippen molar-refractivity contribution in [1.29, 1.82) is 0 Å². The number of anilines is 1. The Morgan fingerprint density at radius 1 is 1.07 bits per heavy atom. The number of rotatable bonds is 13. The maximum atomic E-state index is 13.6. The SMILES string of the molecule is CCCOc1ccc(S(=O)(=O)N2CCN(CC(=O)OCC)CC2)cc1C(=O)Nc1c(CCC)nn(C)c1C(N)=O. The van der Waals surface area contributed by atoms with Crippen molar-refractivity contribution in [3.8, 4) is 5.75 Å². The molecule has 3 rings (SSSR count). The molecule has 0 radical (unpaired) electrons. The lowest BCUT2D eigenvalue weighted by atomic mass is 10.1. The molecule has 3 N–H and O–H groups in total. The van der Waals surface area contributed by atoms with Gasteiger partial charge in [-0.25, -0.2) is 8.42 Å². The average Bonchev–Trinajstić information content (AvgIpc) is 3.22. The second-order valence-electron chi connectivity index (χ2n) is 9.35. The number of nitrogens with one attached hydrogen (secondary N) is 1. The normalized spacial score (nSPS) is 14.6. The molecule has 1 aromatic heterocycles. The fourth-order valence-electron chi connectivity index (χ4n) is 4.44. The molecule has 0 unspecified atom stereocenters. The first-order valence-electron chi connectivity index (χ1n) is 13.3. The number of esters is 1. The van der Waals surface area contributed by atoms with Gasteiger partial charge in [-0.2, -0.15) is 9.40 Å². The van der Waals surface area contributed by atoms with Crippen LogP contribution in [0.5, 0.6) is 5.75 Å². The first-order chi connectivity index (χ1) is 19.0. The van der Waals surface area contributed by atoms with Crippen LogP contribution in [0.2, 0.25) is 0 Å². The van der Waals surface area contributed by atoms with Gasteiger partial charge in [0.1, 0.15) is 11.4 Å². The number of carbonyl (C=O) groups is 3. The Morgan fingerprint density at radius 2 is 1.77 bits per heavy atom. The number of carbonyl (C=O) groups excluding carboxylic acids is 3. The zero-order valence-corrected chi connectivity index (χ0v) is 24.3. The van der Waals surface area contributed by atoms with Gasteiger partial charge in [-0.3, -0.25) is 24.0 Å². The molecule has 0 aliphatic carbocycles. The second-order valence-corrected chi connectivity index (χ2v) is 11.3. The van der Waals surface area contributed by atoms with Crippen molar-refractivity contribution in [2.75, 3.05) is 51.3 Å². The van der Waals surface area contributed by atoms with E-state index in [0.717, 1.165) is 0 Å². The van der Waals surface area contributed by atoms with Crippen molar-refractivity contribution in [1.82, 2.24) is 19.0 Å². The molecule has 1 aliphatic rings. The van der Waals surface area contributed by atoms with E-state index >= 15 is 0 Å². The molecule has 1 aliphatic heterocycles. The predicted octanol–water partition coefficient (Wildman–Crippen LogP) is 1.38. The van der Waals surface area contributed by atoms with Crippen LogP contribution in [0.1, 0.15) is 60.2 Å². The zero-order valence-electron chi connectivity index (χ0n) is 23.4. The summed E-state index contributed by atoms with van der Waals surface area (Å²) in [6, 6.07) is 4.14. The molecular weight excluding hydrogens is 540 g/mol. The van der Waals surface area contributed by atoms with Crippen molar-refractivity contribution in [2.45, 2.75) is 44.9 Å². The van der Waals surface area contributed by atoms with Crippen LogP contribution >= 0.6 is 0 Å².